The van der Waals surface area contributed by atoms with Crippen LogP contribution in [0.5, 0.6) is 0 Å². The molecule has 0 saturated heterocycles. The molecule has 134 valence electrons. The van der Waals surface area contributed by atoms with Crippen molar-refractivity contribution in [2.24, 2.45) is 0 Å². The van der Waals surface area contributed by atoms with Crippen LogP contribution in [0.3, 0.4) is 0 Å². The second kappa shape index (κ2) is 7.94. The number of aromatic nitrogens is 2. The van der Waals surface area contributed by atoms with Crippen LogP contribution < -0.4 is 4.48 Å². The number of nitrogens with zero attached hydrogens (tertiary/aromatic N) is 3. The zero-order valence-corrected chi connectivity index (χ0v) is 17.0. The van der Waals surface area contributed by atoms with Gasteiger partial charge in [0.1, 0.15) is 0 Å². The number of ether oxygens (including phenoxy) is 1. The van der Waals surface area contributed by atoms with Crippen molar-refractivity contribution in [2.45, 2.75) is 0 Å². The molecule has 1 atom stereocenters. The zero-order valence-electron chi connectivity index (χ0n) is 14.6. The van der Waals surface area contributed by atoms with Gasteiger partial charge in [0.25, 0.3) is 0 Å². The Hall–Kier alpha value is -2.30. The molecule has 0 fully saturated rings. The molecule has 0 aliphatic heterocycles. The predicted octanol–water partition coefficient (Wildman–Crippen LogP) is 1.41. The zero-order chi connectivity index (χ0) is 18.7. The summed E-state index contributed by atoms with van der Waals surface area (Å²) in [6.07, 6.45) is 1.47. The summed E-state index contributed by atoms with van der Waals surface area (Å²) in [6, 6.07) is 9.99. The van der Waals surface area contributed by atoms with Crippen LogP contribution in [-0.4, -0.2) is 64.9 Å². The number of benzene rings is 2. The van der Waals surface area contributed by atoms with Crippen LogP contribution in [0.1, 0.15) is 10.4 Å². The van der Waals surface area contributed by atoms with Gasteiger partial charge in [0, 0.05) is 0 Å². The third-order valence-corrected chi connectivity index (χ3v) is 5.10. The van der Waals surface area contributed by atoms with Gasteiger partial charge < -0.3 is 0 Å². The summed E-state index contributed by atoms with van der Waals surface area (Å²) in [5, 5.41) is 0.803. The summed E-state index contributed by atoms with van der Waals surface area (Å²) >= 11 is 1.35. The summed E-state index contributed by atoms with van der Waals surface area (Å²) in [5.41, 5.74) is 2.54. The molecule has 1 heterocycles. The van der Waals surface area contributed by atoms with Gasteiger partial charge in [-0.1, -0.05) is 0 Å². The van der Waals surface area contributed by atoms with Gasteiger partial charge in [-0.05, 0) is 0 Å². The molecule has 1 unspecified atom stereocenters. The molecule has 2 aromatic carbocycles. The molecular formula is C19H19AsFN3O2. The number of hydrogen-bond acceptors (Lipinski definition) is 4. The van der Waals surface area contributed by atoms with E-state index in [1.807, 2.05) is 12.1 Å². The van der Waals surface area contributed by atoms with Crippen LogP contribution >= 0.6 is 0 Å². The first-order valence-corrected chi connectivity index (χ1v) is 9.27. The quantitative estimate of drug-likeness (QED) is 0.592. The van der Waals surface area contributed by atoms with Gasteiger partial charge in [-0.2, -0.15) is 0 Å². The number of amides is 1. The fraction of sp³-hybridized carbons (Fsp3) is 0.211. The normalized spacial score (nSPS) is 10.9. The second-order valence-corrected chi connectivity index (χ2v) is 7.06. The Labute approximate surface area is 159 Å². The molecule has 5 nitrogen and oxygen atoms in total. The maximum atomic E-state index is 13.7. The van der Waals surface area contributed by atoms with Crippen molar-refractivity contribution in [3.63, 3.8) is 0 Å². The monoisotopic (exact) mass is 415 g/mol. The van der Waals surface area contributed by atoms with Crippen molar-refractivity contribution in [3.8, 4) is 11.1 Å². The van der Waals surface area contributed by atoms with Crippen molar-refractivity contribution in [1.29, 1.82) is 0 Å². The summed E-state index contributed by atoms with van der Waals surface area (Å²) in [4.78, 5) is 23.1. The predicted molar refractivity (Wildman–Crippen MR) is 102 cm³/mol. The van der Waals surface area contributed by atoms with Crippen molar-refractivity contribution in [1.82, 2.24) is 14.9 Å². The first-order valence-electron chi connectivity index (χ1n) is 8.06. The van der Waals surface area contributed by atoms with E-state index in [1.54, 1.807) is 31.2 Å². The van der Waals surface area contributed by atoms with E-state index in [4.69, 9.17) is 4.74 Å². The summed E-state index contributed by atoms with van der Waals surface area (Å²) < 4.78 is 19.5. The average molecular weight is 415 g/mol. The van der Waals surface area contributed by atoms with Gasteiger partial charge in [-0.25, -0.2) is 0 Å². The van der Waals surface area contributed by atoms with Crippen LogP contribution in [0.25, 0.3) is 22.0 Å². The van der Waals surface area contributed by atoms with Gasteiger partial charge in [0.15, 0.2) is 0 Å². The second-order valence-electron chi connectivity index (χ2n) is 5.91. The summed E-state index contributed by atoms with van der Waals surface area (Å²) in [5.74, 6) is -0.478. The van der Waals surface area contributed by atoms with Gasteiger partial charge in [0.05, 0.1) is 0 Å². The van der Waals surface area contributed by atoms with E-state index in [0.29, 0.717) is 29.8 Å². The first kappa shape index (κ1) is 18.5. The van der Waals surface area contributed by atoms with E-state index in [1.165, 1.54) is 35.3 Å². The number of fused-ring (bicyclic) bond motifs is 1. The Bertz CT molecular complexity index is 965. The van der Waals surface area contributed by atoms with Crippen LogP contribution in [-0.2, 0) is 4.74 Å². The fourth-order valence-corrected chi connectivity index (χ4v) is 3.32. The average Bonchev–Trinajstić information content (AvgIpc) is 2.65. The Morgan fingerprint density at radius 1 is 1.23 bits per heavy atom. The van der Waals surface area contributed by atoms with Crippen molar-refractivity contribution in [3.05, 3.63) is 54.1 Å². The van der Waals surface area contributed by atoms with E-state index >= 15 is 0 Å². The molecule has 0 aliphatic carbocycles. The molecule has 0 aliphatic rings. The van der Waals surface area contributed by atoms with Gasteiger partial charge >= 0.3 is 159 Å². The topological polar surface area (TPSA) is 55.3 Å². The molecule has 0 radical (unpaired) electrons. The number of rotatable bonds is 5. The van der Waals surface area contributed by atoms with Crippen molar-refractivity contribution in [2.75, 3.05) is 27.3 Å². The van der Waals surface area contributed by atoms with Crippen LogP contribution in [0.2, 0.25) is 0 Å². The number of carbonyl (C=O) groups is 1. The Morgan fingerprint density at radius 3 is 2.77 bits per heavy atom. The molecule has 1 aromatic heterocycles. The molecule has 0 bridgehead atoms. The number of likely N-dealkylation sites (N-methyl/N-ethyl adjacent to an activating group) is 1. The molecule has 7 heteroatoms. The molecule has 3 rings (SSSR count). The third kappa shape index (κ3) is 3.76. The number of methoxy groups -OCH3 is 1. The van der Waals surface area contributed by atoms with Crippen LogP contribution in [0, 0.1) is 5.82 Å². The van der Waals surface area contributed by atoms with E-state index < -0.39 is 0 Å². The molecule has 0 N–H and O–H groups in total. The Morgan fingerprint density at radius 2 is 2.04 bits per heavy atom. The third-order valence-electron chi connectivity index (χ3n) is 4.14. The van der Waals surface area contributed by atoms with E-state index in [9.17, 15) is 9.18 Å². The van der Waals surface area contributed by atoms with Crippen LogP contribution in [0.4, 0.5) is 4.39 Å². The molecule has 1 amide bonds. The van der Waals surface area contributed by atoms with Gasteiger partial charge in [-0.3, -0.25) is 0 Å². The minimum atomic E-state index is -0.321. The maximum absolute atomic E-state index is 13.7. The van der Waals surface area contributed by atoms with Crippen LogP contribution in [0.15, 0.2) is 42.7 Å². The fourth-order valence-electron chi connectivity index (χ4n) is 2.72. The molecular weight excluding hydrogens is 396 g/mol. The van der Waals surface area contributed by atoms with E-state index in [-0.39, 0.29) is 11.7 Å². The standard InChI is InChI=1S/C19H19AsFN3O2/c1-24(6-7-26-2)19(25)16-10-13(12-4-3-5-14(21)8-12)9-15-17(16)22-11-23-18(15)20/h3-5,8-11H,6-7,20H2,1-2H3. The number of hydrogen-bond donors (Lipinski definition) is 0. The minimum absolute atomic E-state index is 0.157. The number of carbonyl (C=O) groups excluding carboxylic acids is 1. The SMILES string of the molecule is COCCN(C)C(=O)c1cc(-c2cccc(F)c2)cc2c([AsH2])ncnc12. The molecule has 0 saturated carbocycles. The first-order chi connectivity index (χ1) is 12.5. The van der Waals surface area contributed by atoms with E-state index in [0.717, 1.165) is 15.4 Å². The van der Waals surface area contributed by atoms with Crippen molar-refractivity contribution >= 4 is 38.1 Å². The molecule has 3 aromatic rings. The van der Waals surface area contributed by atoms with Crippen molar-refractivity contribution < 1.29 is 13.9 Å². The summed E-state index contributed by atoms with van der Waals surface area (Å²) in [7, 11) is 3.32. The van der Waals surface area contributed by atoms with E-state index in [2.05, 4.69) is 9.97 Å². The number of halogens is 1. The Balaban J connectivity index is 2.17. The van der Waals surface area contributed by atoms with Gasteiger partial charge in [-0.15, -0.1) is 0 Å². The Kier molecular flexibility index (Phi) is 5.64. The summed E-state index contributed by atoms with van der Waals surface area (Å²) in [6.45, 7) is 0.913. The molecule has 0 spiro atoms. The van der Waals surface area contributed by atoms with Gasteiger partial charge in [0.2, 0.25) is 0 Å². The molecule has 26 heavy (non-hydrogen) atoms.